The van der Waals surface area contributed by atoms with Crippen molar-refractivity contribution in [3.8, 4) is 0 Å². The molecule has 2 atom stereocenters. The van der Waals surface area contributed by atoms with Crippen molar-refractivity contribution < 1.29 is 5.11 Å². The van der Waals surface area contributed by atoms with E-state index in [1.165, 1.54) is 11.5 Å². The van der Waals surface area contributed by atoms with Crippen LogP contribution in [0.2, 0.25) is 0 Å². The molecule has 2 aromatic rings. The monoisotopic (exact) mass is 335 g/mol. The van der Waals surface area contributed by atoms with Gasteiger partial charge < -0.3 is 14.6 Å². The van der Waals surface area contributed by atoms with Crippen molar-refractivity contribution in [3.63, 3.8) is 0 Å². The number of aryl methyl sites for hydroxylation is 1. The lowest BCUT2D eigenvalue weighted by atomic mass is 9.92. The first-order chi connectivity index (χ1) is 10.9. The molecule has 0 aliphatic carbocycles. The van der Waals surface area contributed by atoms with Crippen LogP contribution in [0.15, 0.2) is 12.4 Å². The van der Waals surface area contributed by atoms with E-state index in [0.29, 0.717) is 0 Å². The number of rotatable bonds is 3. The summed E-state index contributed by atoms with van der Waals surface area (Å²) >= 11 is 1.46. The third-order valence-corrected chi connectivity index (χ3v) is 5.16. The zero-order valence-corrected chi connectivity index (χ0v) is 15.0. The number of aromatic nitrogens is 4. The molecule has 1 N–H and O–H groups in total. The molecule has 0 amide bonds. The summed E-state index contributed by atoms with van der Waals surface area (Å²) in [4.78, 5) is 11.3. The van der Waals surface area contributed by atoms with E-state index in [2.05, 4.69) is 35.0 Å². The van der Waals surface area contributed by atoms with Crippen LogP contribution in [-0.4, -0.2) is 37.1 Å². The van der Waals surface area contributed by atoms with Gasteiger partial charge in [0.25, 0.3) is 0 Å². The summed E-state index contributed by atoms with van der Waals surface area (Å²) in [5, 5.41) is 11.6. The lowest BCUT2D eigenvalue weighted by Crippen LogP contribution is -2.38. The fraction of sp³-hybridized carbons (Fsp3) is 0.688. The normalized spacial score (nSPS) is 20.7. The fourth-order valence-corrected chi connectivity index (χ4v) is 3.85. The molecule has 3 heterocycles. The molecular formula is C16H25N5OS. The highest BCUT2D eigenvalue weighted by Crippen LogP contribution is 2.33. The molecule has 0 saturated carbocycles. The zero-order valence-electron chi connectivity index (χ0n) is 14.2. The summed E-state index contributed by atoms with van der Waals surface area (Å²) < 4.78 is 6.40. The Hall–Kier alpha value is -1.47. The maximum atomic E-state index is 10.7. The molecule has 2 unspecified atom stereocenters. The second kappa shape index (κ2) is 6.20. The summed E-state index contributed by atoms with van der Waals surface area (Å²) in [6.45, 7) is 8.16. The molecule has 0 spiro atoms. The lowest BCUT2D eigenvalue weighted by Gasteiger charge is -2.34. The number of nitrogens with zero attached hydrogens (tertiary/aromatic N) is 5. The van der Waals surface area contributed by atoms with Gasteiger partial charge in [0.15, 0.2) is 0 Å². The van der Waals surface area contributed by atoms with Crippen LogP contribution in [0.25, 0.3) is 0 Å². The standard InChI is InChI=1S/C16H25N5OS/c1-16(2,3)14-18-15(23-19-14)21-8-5-6-11(10-21)12(22)13-17-7-9-20(13)4/h7,9,11-12,22H,5-6,8,10H2,1-4H3. The van der Waals surface area contributed by atoms with E-state index in [-0.39, 0.29) is 11.3 Å². The summed E-state index contributed by atoms with van der Waals surface area (Å²) in [7, 11) is 1.92. The van der Waals surface area contributed by atoms with E-state index in [0.717, 1.165) is 42.7 Å². The minimum absolute atomic E-state index is 0.0313. The van der Waals surface area contributed by atoms with E-state index in [1.807, 2.05) is 17.8 Å². The van der Waals surface area contributed by atoms with Crippen LogP contribution >= 0.6 is 11.5 Å². The van der Waals surface area contributed by atoms with Gasteiger partial charge in [-0.1, -0.05) is 20.8 Å². The highest BCUT2D eigenvalue weighted by Gasteiger charge is 2.31. The van der Waals surface area contributed by atoms with Crippen LogP contribution in [0.1, 0.15) is 51.4 Å². The summed E-state index contributed by atoms with van der Waals surface area (Å²) in [5.41, 5.74) is -0.0313. The van der Waals surface area contributed by atoms with E-state index in [4.69, 9.17) is 4.98 Å². The van der Waals surface area contributed by atoms with Crippen LogP contribution < -0.4 is 4.90 Å². The van der Waals surface area contributed by atoms with Crippen molar-refractivity contribution in [1.82, 2.24) is 18.9 Å². The van der Waals surface area contributed by atoms with Crippen molar-refractivity contribution in [2.24, 2.45) is 13.0 Å². The Balaban J connectivity index is 1.73. The Morgan fingerprint density at radius 3 is 2.78 bits per heavy atom. The van der Waals surface area contributed by atoms with Crippen LogP contribution in [0.3, 0.4) is 0 Å². The van der Waals surface area contributed by atoms with Gasteiger partial charge in [-0.15, -0.1) is 0 Å². The van der Waals surface area contributed by atoms with Crippen LogP contribution in [0.4, 0.5) is 5.13 Å². The predicted molar refractivity (Wildman–Crippen MR) is 91.7 cm³/mol. The van der Waals surface area contributed by atoms with Gasteiger partial charge >= 0.3 is 0 Å². The molecule has 0 bridgehead atoms. The Kier molecular flexibility index (Phi) is 4.42. The Morgan fingerprint density at radius 1 is 1.39 bits per heavy atom. The van der Waals surface area contributed by atoms with E-state index >= 15 is 0 Å². The minimum atomic E-state index is -0.534. The fourth-order valence-electron chi connectivity index (χ4n) is 2.96. The number of aliphatic hydroxyl groups excluding tert-OH is 1. The largest absolute Gasteiger partial charge is 0.385 e. The van der Waals surface area contributed by atoms with Crippen LogP contribution in [-0.2, 0) is 12.5 Å². The molecule has 23 heavy (non-hydrogen) atoms. The number of anilines is 1. The van der Waals surface area contributed by atoms with Crippen molar-refractivity contribution in [1.29, 1.82) is 0 Å². The first kappa shape index (κ1) is 16.4. The van der Waals surface area contributed by atoms with Crippen LogP contribution in [0.5, 0.6) is 0 Å². The molecule has 6 nitrogen and oxygen atoms in total. The number of aliphatic hydroxyl groups is 1. The van der Waals surface area contributed by atoms with Gasteiger partial charge in [-0.05, 0) is 12.8 Å². The number of hydrogen-bond donors (Lipinski definition) is 1. The third-order valence-electron chi connectivity index (χ3n) is 4.38. The minimum Gasteiger partial charge on any atom is -0.385 e. The van der Waals surface area contributed by atoms with E-state index < -0.39 is 6.10 Å². The zero-order chi connectivity index (χ0) is 16.6. The lowest BCUT2D eigenvalue weighted by molar-refractivity contribution is 0.0875. The summed E-state index contributed by atoms with van der Waals surface area (Å²) in [6.07, 6.45) is 5.14. The molecule has 1 fully saturated rings. The molecule has 1 aliphatic heterocycles. The molecule has 126 valence electrons. The number of hydrogen-bond acceptors (Lipinski definition) is 6. The average molecular weight is 335 g/mol. The third kappa shape index (κ3) is 3.40. The Labute approximate surface area is 141 Å². The quantitative estimate of drug-likeness (QED) is 0.933. The summed E-state index contributed by atoms with van der Waals surface area (Å²) in [6, 6.07) is 0. The first-order valence-corrected chi connectivity index (χ1v) is 8.88. The maximum absolute atomic E-state index is 10.7. The van der Waals surface area contributed by atoms with Gasteiger partial charge in [-0.2, -0.15) is 4.37 Å². The van der Waals surface area contributed by atoms with Gasteiger partial charge in [-0.3, -0.25) is 0 Å². The van der Waals surface area contributed by atoms with Gasteiger partial charge in [0.1, 0.15) is 17.8 Å². The summed E-state index contributed by atoms with van der Waals surface area (Å²) in [5.74, 6) is 1.81. The second-order valence-electron chi connectivity index (χ2n) is 7.34. The molecule has 0 aromatic carbocycles. The van der Waals surface area contributed by atoms with Crippen molar-refractivity contribution in [2.75, 3.05) is 18.0 Å². The van der Waals surface area contributed by atoms with Crippen LogP contribution in [0, 0.1) is 5.92 Å². The molecule has 2 aromatic heterocycles. The van der Waals surface area contributed by atoms with Gasteiger partial charge in [-0.25, -0.2) is 9.97 Å². The number of piperidine rings is 1. The smallest absolute Gasteiger partial charge is 0.205 e. The molecule has 0 radical (unpaired) electrons. The molecule has 7 heteroatoms. The molecule has 1 saturated heterocycles. The average Bonchev–Trinajstić information content (AvgIpc) is 3.15. The van der Waals surface area contributed by atoms with E-state index in [9.17, 15) is 5.11 Å². The Morgan fingerprint density at radius 2 is 2.17 bits per heavy atom. The van der Waals surface area contributed by atoms with Crippen molar-refractivity contribution >= 4 is 16.7 Å². The predicted octanol–water partition coefficient (Wildman–Crippen LogP) is 2.52. The topological polar surface area (TPSA) is 67.1 Å². The highest BCUT2D eigenvalue weighted by atomic mass is 32.1. The first-order valence-electron chi connectivity index (χ1n) is 8.10. The van der Waals surface area contributed by atoms with Gasteiger partial charge in [0.05, 0.1) is 0 Å². The SMILES string of the molecule is Cn1ccnc1C(O)C1CCCN(c2nc(C(C)(C)C)ns2)C1. The number of imidazole rings is 1. The van der Waals surface area contributed by atoms with Gasteiger partial charge in [0.2, 0.25) is 5.13 Å². The molecule has 1 aliphatic rings. The van der Waals surface area contributed by atoms with E-state index in [1.54, 1.807) is 6.20 Å². The van der Waals surface area contributed by atoms with Crippen molar-refractivity contribution in [3.05, 3.63) is 24.0 Å². The van der Waals surface area contributed by atoms with Crippen molar-refractivity contribution in [2.45, 2.75) is 45.1 Å². The second-order valence-corrected chi connectivity index (χ2v) is 8.07. The van der Waals surface area contributed by atoms with Gasteiger partial charge in [0, 0.05) is 55.4 Å². The molecular weight excluding hydrogens is 310 g/mol. The maximum Gasteiger partial charge on any atom is 0.205 e. The Bertz CT molecular complexity index is 659. The highest BCUT2D eigenvalue weighted by molar-refractivity contribution is 7.09. The molecule has 3 rings (SSSR count).